The van der Waals surface area contributed by atoms with Gasteiger partial charge in [-0.25, -0.2) is 9.97 Å². The van der Waals surface area contributed by atoms with Crippen molar-refractivity contribution in [2.75, 3.05) is 11.9 Å². The quantitative estimate of drug-likeness (QED) is 0.320. The molecular formula is C23H24BN5O2. The summed E-state index contributed by atoms with van der Waals surface area (Å²) < 4.78 is 0. The lowest BCUT2D eigenvalue weighted by molar-refractivity contribution is 0.426. The van der Waals surface area contributed by atoms with Crippen LogP contribution in [0.2, 0.25) is 0 Å². The average molecular weight is 413 g/mol. The molecule has 0 saturated heterocycles. The van der Waals surface area contributed by atoms with E-state index in [4.69, 9.17) is 9.97 Å². The van der Waals surface area contributed by atoms with E-state index in [-0.39, 0.29) is 0 Å². The molecule has 2 aromatic carbocycles. The summed E-state index contributed by atoms with van der Waals surface area (Å²) in [7, 11) is -1.55. The predicted octanol–water partition coefficient (Wildman–Crippen LogP) is 1.87. The molecule has 3 heterocycles. The molecule has 156 valence electrons. The largest absolute Gasteiger partial charge is 0.490 e. The SMILES string of the molecule is Cc1[nH]c2c(B(O)O)cccc2c1-c1nc2c(c(NCc3ccccc3)n1)CNCC2. The van der Waals surface area contributed by atoms with Crippen LogP contribution < -0.4 is 16.1 Å². The Morgan fingerprint density at radius 3 is 2.71 bits per heavy atom. The van der Waals surface area contributed by atoms with E-state index in [1.54, 1.807) is 6.07 Å². The zero-order valence-electron chi connectivity index (χ0n) is 17.3. The smallest absolute Gasteiger partial charge is 0.423 e. The van der Waals surface area contributed by atoms with Crippen LogP contribution in [0.1, 0.15) is 22.5 Å². The Kier molecular flexibility index (Phi) is 5.19. The summed E-state index contributed by atoms with van der Waals surface area (Å²) in [5.41, 5.74) is 6.27. The van der Waals surface area contributed by atoms with Crippen molar-refractivity contribution in [1.29, 1.82) is 0 Å². The number of nitrogens with one attached hydrogen (secondary N) is 3. The van der Waals surface area contributed by atoms with Crippen LogP contribution in [0.4, 0.5) is 5.82 Å². The van der Waals surface area contributed by atoms with Gasteiger partial charge in [0.15, 0.2) is 5.82 Å². The molecule has 0 atom stereocenters. The van der Waals surface area contributed by atoms with Crippen LogP contribution in [0.25, 0.3) is 22.3 Å². The second-order valence-electron chi connectivity index (χ2n) is 7.86. The summed E-state index contributed by atoms with van der Waals surface area (Å²) in [6.45, 7) is 4.26. The molecular weight excluding hydrogens is 389 g/mol. The molecule has 0 bridgehead atoms. The molecule has 0 spiro atoms. The predicted molar refractivity (Wildman–Crippen MR) is 123 cm³/mol. The van der Waals surface area contributed by atoms with Gasteiger partial charge >= 0.3 is 7.12 Å². The molecule has 0 unspecified atom stereocenters. The molecule has 0 amide bonds. The van der Waals surface area contributed by atoms with Crippen molar-refractivity contribution in [1.82, 2.24) is 20.3 Å². The Morgan fingerprint density at radius 1 is 1.06 bits per heavy atom. The molecule has 0 radical (unpaired) electrons. The highest BCUT2D eigenvalue weighted by molar-refractivity contribution is 6.61. The third kappa shape index (κ3) is 3.70. The van der Waals surface area contributed by atoms with Crippen LogP contribution in [0.15, 0.2) is 48.5 Å². The van der Waals surface area contributed by atoms with E-state index in [1.807, 2.05) is 37.3 Å². The molecule has 31 heavy (non-hydrogen) atoms. The number of fused-ring (bicyclic) bond motifs is 2. The molecule has 5 N–H and O–H groups in total. The van der Waals surface area contributed by atoms with Crippen LogP contribution in [0, 0.1) is 6.92 Å². The second-order valence-corrected chi connectivity index (χ2v) is 7.86. The standard InChI is InChI=1S/C23H24BN5O2/c1-14-20(16-8-5-9-18(24(30)31)21(16)27-14)23-28-19-10-11-25-13-17(19)22(29-23)26-12-15-6-3-2-4-7-15/h2-9,25,27,30-31H,10-13H2,1H3,(H,26,28,29). The van der Waals surface area contributed by atoms with Crippen LogP contribution in [0.3, 0.4) is 0 Å². The fourth-order valence-electron chi connectivity index (χ4n) is 4.26. The molecule has 4 aromatic rings. The highest BCUT2D eigenvalue weighted by Gasteiger charge is 2.23. The summed E-state index contributed by atoms with van der Waals surface area (Å²) in [6, 6.07) is 15.7. The highest BCUT2D eigenvalue weighted by Crippen LogP contribution is 2.32. The zero-order chi connectivity index (χ0) is 21.4. The van der Waals surface area contributed by atoms with Crippen molar-refractivity contribution in [3.05, 3.63) is 71.0 Å². The maximum atomic E-state index is 9.76. The number of hydrogen-bond acceptors (Lipinski definition) is 6. The average Bonchev–Trinajstić information content (AvgIpc) is 3.13. The lowest BCUT2D eigenvalue weighted by Crippen LogP contribution is -2.30. The molecule has 0 aliphatic carbocycles. The first-order chi connectivity index (χ1) is 15.1. The van der Waals surface area contributed by atoms with Gasteiger partial charge in [0.1, 0.15) is 5.82 Å². The molecule has 0 fully saturated rings. The fourth-order valence-corrected chi connectivity index (χ4v) is 4.26. The van der Waals surface area contributed by atoms with Crippen molar-refractivity contribution < 1.29 is 10.0 Å². The van der Waals surface area contributed by atoms with Crippen molar-refractivity contribution in [2.45, 2.75) is 26.4 Å². The number of H-pyrrole nitrogens is 1. The number of hydrogen-bond donors (Lipinski definition) is 5. The Morgan fingerprint density at radius 2 is 1.90 bits per heavy atom. The molecule has 8 heteroatoms. The number of benzene rings is 2. The van der Waals surface area contributed by atoms with E-state index in [9.17, 15) is 10.0 Å². The lowest BCUT2D eigenvalue weighted by atomic mass is 9.79. The Bertz CT molecular complexity index is 1240. The topological polar surface area (TPSA) is 106 Å². The van der Waals surface area contributed by atoms with Gasteiger partial charge in [-0.1, -0.05) is 48.5 Å². The van der Waals surface area contributed by atoms with Crippen molar-refractivity contribution in [2.24, 2.45) is 0 Å². The summed E-state index contributed by atoms with van der Waals surface area (Å²) in [5, 5.41) is 27.3. The van der Waals surface area contributed by atoms with Crippen molar-refractivity contribution >= 4 is 29.3 Å². The molecule has 0 saturated carbocycles. The summed E-state index contributed by atoms with van der Waals surface area (Å²) in [5.74, 6) is 1.48. The summed E-state index contributed by atoms with van der Waals surface area (Å²) in [4.78, 5) is 13.1. The maximum absolute atomic E-state index is 9.76. The van der Waals surface area contributed by atoms with Gasteiger partial charge in [-0.15, -0.1) is 0 Å². The molecule has 5 rings (SSSR count). The minimum atomic E-state index is -1.55. The first kappa shape index (κ1) is 19.7. The van der Waals surface area contributed by atoms with E-state index >= 15 is 0 Å². The molecule has 2 aromatic heterocycles. The number of nitrogens with zero attached hydrogens (tertiary/aromatic N) is 2. The van der Waals surface area contributed by atoms with Crippen LogP contribution in [-0.4, -0.2) is 38.7 Å². The number of anilines is 1. The zero-order valence-corrected chi connectivity index (χ0v) is 17.3. The van der Waals surface area contributed by atoms with Gasteiger partial charge in [-0.2, -0.15) is 0 Å². The third-order valence-corrected chi connectivity index (χ3v) is 5.79. The fraction of sp³-hybridized carbons (Fsp3) is 0.217. The molecule has 1 aliphatic heterocycles. The van der Waals surface area contributed by atoms with Gasteiger partial charge in [-0.05, 0) is 12.5 Å². The van der Waals surface area contributed by atoms with Crippen LogP contribution >= 0.6 is 0 Å². The first-order valence-electron chi connectivity index (χ1n) is 10.5. The summed E-state index contributed by atoms with van der Waals surface area (Å²) in [6.07, 6.45) is 0.840. The molecule has 7 nitrogen and oxygen atoms in total. The maximum Gasteiger partial charge on any atom is 0.490 e. The number of rotatable bonds is 5. The minimum absolute atomic E-state index is 0.441. The van der Waals surface area contributed by atoms with Gasteiger partial charge in [0.05, 0.1) is 5.69 Å². The van der Waals surface area contributed by atoms with Gasteiger partial charge < -0.3 is 25.7 Å². The third-order valence-electron chi connectivity index (χ3n) is 5.79. The van der Waals surface area contributed by atoms with E-state index in [0.29, 0.717) is 23.3 Å². The number of aryl methyl sites for hydroxylation is 1. The van der Waals surface area contributed by atoms with Gasteiger partial charge in [0.25, 0.3) is 0 Å². The minimum Gasteiger partial charge on any atom is -0.423 e. The van der Waals surface area contributed by atoms with Crippen LogP contribution in [-0.2, 0) is 19.5 Å². The monoisotopic (exact) mass is 413 g/mol. The van der Waals surface area contributed by atoms with Gasteiger partial charge in [0.2, 0.25) is 0 Å². The van der Waals surface area contributed by atoms with Gasteiger partial charge in [0, 0.05) is 59.2 Å². The van der Waals surface area contributed by atoms with Gasteiger partial charge in [-0.3, -0.25) is 0 Å². The second kappa shape index (κ2) is 8.15. The van der Waals surface area contributed by atoms with Crippen LogP contribution in [0.5, 0.6) is 0 Å². The lowest BCUT2D eigenvalue weighted by Gasteiger charge is -2.21. The Labute approximate surface area is 180 Å². The van der Waals surface area contributed by atoms with Crippen molar-refractivity contribution in [3.8, 4) is 11.4 Å². The summed E-state index contributed by atoms with van der Waals surface area (Å²) >= 11 is 0. The Balaban J connectivity index is 1.62. The highest BCUT2D eigenvalue weighted by atomic mass is 16.4. The molecule has 1 aliphatic rings. The van der Waals surface area contributed by atoms with E-state index in [0.717, 1.165) is 53.2 Å². The number of para-hydroxylation sites is 1. The first-order valence-corrected chi connectivity index (χ1v) is 10.5. The normalized spacial score (nSPS) is 13.3. The van der Waals surface area contributed by atoms with Crippen molar-refractivity contribution in [3.63, 3.8) is 0 Å². The number of aromatic nitrogens is 3. The number of aromatic amines is 1. The van der Waals surface area contributed by atoms with E-state index < -0.39 is 7.12 Å². The Hall–Kier alpha value is -3.20. The van der Waals surface area contributed by atoms with E-state index in [1.165, 1.54) is 5.56 Å². The van der Waals surface area contributed by atoms with E-state index in [2.05, 4.69) is 27.8 Å².